The van der Waals surface area contributed by atoms with Gasteiger partial charge in [0.05, 0.1) is 5.02 Å². The lowest BCUT2D eigenvalue weighted by atomic mass is 9.94. The zero-order valence-electron chi connectivity index (χ0n) is 10.1. The summed E-state index contributed by atoms with van der Waals surface area (Å²) in [7, 11) is 0. The Kier molecular flexibility index (Phi) is 4.63. The van der Waals surface area contributed by atoms with Crippen LogP contribution in [0.5, 0.6) is 0 Å². The first-order chi connectivity index (χ1) is 8.31. The third kappa shape index (κ3) is 3.33. The van der Waals surface area contributed by atoms with Crippen LogP contribution in [0.25, 0.3) is 0 Å². The summed E-state index contributed by atoms with van der Waals surface area (Å²) < 4.78 is 0. The predicted molar refractivity (Wildman–Crippen MR) is 72.5 cm³/mol. The number of nitrogens with zero attached hydrogens (tertiary/aromatic N) is 2. The topological polar surface area (TPSA) is 42.1 Å². The van der Waals surface area contributed by atoms with Crippen molar-refractivity contribution in [2.45, 2.75) is 38.1 Å². The summed E-state index contributed by atoms with van der Waals surface area (Å²) in [4.78, 5) is 6.75. The highest BCUT2D eigenvalue weighted by Crippen LogP contribution is 2.26. The smallest absolute Gasteiger partial charge is 0.128 e. The van der Waals surface area contributed by atoms with Crippen molar-refractivity contribution in [1.82, 2.24) is 4.98 Å². The molecule has 0 saturated heterocycles. The molecule has 1 heterocycles. The quantitative estimate of drug-likeness (QED) is 0.897. The Morgan fingerprint density at radius 3 is 2.65 bits per heavy atom. The molecule has 94 valence electrons. The van der Waals surface area contributed by atoms with Crippen LogP contribution in [0, 0.1) is 0 Å². The second-order valence-electron chi connectivity index (χ2n) is 4.61. The number of hydrogen-bond donors (Lipinski definition) is 1. The number of aromatic nitrogens is 1. The van der Waals surface area contributed by atoms with Crippen molar-refractivity contribution in [3.8, 4) is 0 Å². The van der Waals surface area contributed by atoms with Gasteiger partial charge >= 0.3 is 0 Å². The van der Waals surface area contributed by atoms with Crippen LogP contribution in [0.4, 0.5) is 5.82 Å². The molecular weight excluding hydrogens is 234 g/mol. The van der Waals surface area contributed by atoms with E-state index in [1.807, 2.05) is 12.1 Å². The van der Waals surface area contributed by atoms with Crippen molar-refractivity contribution in [1.29, 1.82) is 0 Å². The van der Waals surface area contributed by atoms with Gasteiger partial charge < -0.3 is 10.6 Å². The van der Waals surface area contributed by atoms with E-state index in [-0.39, 0.29) is 0 Å². The van der Waals surface area contributed by atoms with Crippen molar-refractivity contribution < 1.29 is 0 Å². The fourth-order valence-corrected chi connectivity index (χ4v) is 2.67. The van der Waals surface area contributed by atoms with Gasteiger partial charge in [-0.25, -0.2) is 4.98 Å². The van der Waals surface area contributed by atoms with E-state index in [0.29, 0.717) is 17.6 Å². The van der Waals surface area contributed by atoms with Gasteiger partial charge in [-0.1, -0.05) is 30.9 Å². The minimum Gasteiger partial charge on any atom is -0.352 e. The summed E-state index contributed by atoms with van der Waals surface area (Å²) in [6.07, 6.45) is 8.22. The first-order valence-corrected chi connectivity index (χ1v) is 6.77. The number of nitrogens with two attached hydrogens (primary N) is 1. The van der Waals surface area contributed by atoms with E-state index in [4.69, 9.17) is 17.3 Å². The van der Waals surface area contributed by atoms with E-state index in [1.165, 1.54) is 32.1 Å². The van der Waals surface area contributed by atoms with E-state index in [0.717, 1.165) is 12.4 Å². The lowest BCUT2D eigenvalue weighted by Gasteiger charge is -2.35. The molecule has 0 unspecified atom stereocenters. The Morgan fingerprint density at radius 2 is 2.06 bits per heavy atom. The Labute approximate surface area is 108 Å². The van der Waals surface area contributed by atoms with E-state index >= 15 is 0 Å². The Hall–Kier alpha value is -0.800. The average Bonchev–Trinajstić information content (AvgIpc) is 2.38. The second-order valence-corrected chi connectivity index (χ2v) is 5.04. The van der Waals surface area contributed by atoms with Crippen molar-refractivity contribution in [2.75, 3.05) is 18.0 Å². The molecule has 2 N–H and O–H groups in total. The summed E-state index contributed by atoms with van der Waals surface area (Å²) in [5.74, 6) is 1.01. The van der Waals surface area contributed by atoms with Crippen LogP contribution >= 0.6 is 11.6 Å². The molecule has 1 saturated carbocycles. The molecule has 0 radical (unpaired) electrons. The van der Waals surface area contributed by atoms with Crippen molar-refractivity contribution in [3.05, 3.63) is 23.4 Å². The van der Waals surface area contributed by atoms with E-state index in [1.54, 1.807) is 6.20 Å². The molecule has 0 atom stereocenters. The van der Waals surface area contributed by atoms with E-state index < -0.39 is 0 Å². The van der Waals surface area contributed by atoms with Crippen LogP contribution in [0.1, 0.15) is 32.1 Å². The van der Waals surface area contributed by atoms with Gasteiger partial charge in [-0.3, -0.25) is 0 Å². The highest BCUT2D eigenvalue weighted by Gasteiger charge is 2.21. The van der Waals surface area contributed by atoms with Crippen LogP contribution in [-0.4, -0.2) is 24.1 Å². The van der Waals surface area contributed by atoms with Crippen LogP contribution in [0.2, 0.25) is 5.02 Å². The summed E-state index contributed by atoms with van der Waals surface area (Å²) in [6.45, 7) is 1.54. The lowest BCUT2D eigenvalue weighted by Crippen LogP contribution is -2.40. The largest absolute Gasteiger partial charge is 0.352 e. The Bertz CT molecular complexity index is 333. The molecule has 1 fully saturated rings. The maximum Gasteiger partial charge on any atom is 0.128 e. The Balaban J connectivity index is 2.12. The number of pyridine rings is 1. The fraction of sp³-hybridized carbons (Fsp3) is 0.615. The van der Waals surface area contributed by atoms with Crippen molar-refractivity contribution in [3.63, 3.8) is 0 Å². The lowest BCUT2D eigenvalue weighted by molar-refractivity contribution is 0.414. The molecule has 3 nitrogen and oxygen atoms in total. The molecule has 17 heavy (non-hydrogen) atoms. The Morgan fingerprint density at radius 1 is 1.29 bits per heavy atom. The summed E-state index contributed by atoms with van der Waals surface area (Å²) in [5.41, 5.74) is 5.71. The molecule has 0 aliphatic heterocycles. The summed E-state index contributed by atoms with van der Waals surface area (Å²) in [6, 6.07) is 4.49. The summed E-state index contributed by atoms with van der Waals surface area (Å²) >= 11 is 5.87. The van der Waals surface area contributed by atoms with Gasteiger partial charge in [0.1, 0.15) is 5.82 Å². The monoisotopic (exact) mass is 253 g/mol. The minimum absolute atomic E-state index is 0.598. The van der Waals surface area contributed by atoms with Gasteiger partial charge in [-0.05, 0) is 25.0 Å². The third-order valence-electron chi connectivity index (χ3n) is 3.39. The van der Waals surface area contributed by atoms with Crippen LogP contribution in [0.3, 0.4) is 0 Å². The van der Waals surface area contributed by atoms with E-state index in [9.17, 15) is 0 Å². The van der Waals surface area contributed by atoms with E-state index in [2.05, 4.69) is 9.88 Å². The molecular formula is C13H20ClN3. The second kappa shape index (κ2) is 6.22. The van der Waals surface area contributed by atoms with Gasteiger partial charge in [0.2, 0.25) is 0 Å². The molecule has 2 rings (SSSR count). The van der Waals surface area contributed by atoms with Crippen molar-refractivity contribution >= 4 is 17.4 Å². The molecule has 0 aromatic carbocycles. The van der Waals surface area contributed by atoms with Gasteiger partial charge in [0, 0.05) is 25.3 Å². The average molecular weight is 254 g/mol. The van der Waals surface area contributed by atoms with Gasteiger partial charge in [0.15, 0.2) is 0 Å². The zero-order valence-corrected chi connectivity index (χ0v) is 10.9. The van der Waals surface area contributed by atoms with Crippen LogP contribution in [-0.2, 0) is 0 Å². The molecule has 0 amide bonds. The molecule has 1 aliphatic carbocycles. The molecule has 0 bridgehead atoms. The molecule has 1 aliphatic rings. The van der Waals surface area contributed by atoms with Crippen LogP contribution < -0.4 is 10.6 Å². The van der Waals surface area contributed by atoms with Gasteiger partial charge in [-0.2, -0.15) is 0 Å². The highest BCUT2D eigenvalue weighted by atomic mass is 35.5. The SMILES string of the molecule is NCCN(c1ccc(Cl)cn1)C1CCCCC1. The molecule has 1 aromatic heterocycles. The van der Waals surface area contributed by atoms with Crippen LogP contribution in [0.15, 0.2) is 18.3 Å². The number of anilines is 1. The zero-order chi connectivity index (χ0) is 12.1. The number of hydrogen-bond acceptors (Lipinski definition) is 3. The predicted octanol–water partition coefficient (Wildman–Crippen LogP) is 2.83. The standard InChI is InChI=1S/C13H20ClN3/c14-11-6-7-13(16-10-11)17(9-8-15)12-4-2-1-3-5-12/h6-7,10,12H,1-5,8-9,15H2. The molecule has 0 spiro atoms. The number of rotatable bonds is 4. The summed E-state index contributed by atoms with van der Waals surface area (Å²) in [5, 5.41) is 0.685. The molecule has 4 heteroatoms. The minimum atomic E-state index is 0.598. The van der Waals surface area contributed by atoms with Crippen molar-refractivity contribution in [2.24, 2.45) is 5.73 Å². The normalized spacial score (nSPS) is 17.1. The van der Waals surface area contributed by atoms with Gasteiger partial charge in [0.25, 0.3) is 0 Å². The molecule has 1 aromatic rings. The fourth-order valence-electron chi connectivity index (χ4n) is 2.55. The first-order valence-electron chi connectivity index (χ1n) is 6.39. The van der Waals surface area contributed by atoms with Gasteiger partial charge in [-0.15, -0.1) is 0 Å². The third-order valence-corrected chi connectivity index (χ3v) is 3.62. The maximum atomic E-state index is 5.87. The first kappa shape index (κ1) is 12.7. The maximum absolute atomic E-state index is 5.87. The number of halogens is 1. The highest BCUT2D eigenvalue weighted by molar-refractivity contribution is 6.30.